The normalized spacial score (nSPS) is 19.4. The fourth-order valence-corrected chi connectivity index (χ4v) is 2.50. The zero-order valence-electron chi connectivity index (χ0n) is 7.90. The molecule has 1 heterocycles. The molecule has 0 radical (unpaired) electrons. The fourth-order valence-electron chi connectivity index (χ4n) is 1.43. The van der Waals surface area contributed by atoms with Gasteiger partial charge in [-0.05, 0) is 12.5 Å². The summed E-state index contributed by atoms with van der Waals surface area (Å²) in [7, 11) is -3.17. The SMILES string of the molecule is Cc1ccc(C2=NS(=O)(=O)CC2)cc1. The van der Waals surface area contributed by atoms with Crippen molar-refractivity contribution in [3.63, 3.8) is 0 Å². The van der Waals surface area contributed by atoms with Crippen LogP contribution in [0.25, 0.3) is 0 Å². The van der Waals surface area contributed by atoms with E-state index in [1.54, 1.807) is 0 Å². The summed E-state index contributed by atoms with van der Waals surface area (Å²) >= 11 is 0. The first kappa shape index (κ1) is 9.40. The van der Waals surface area contributed by atoms with Gasteiger partial charge in [0.1, 0.15) is 0 Å². The molecule has 1 aliphatic rings. The topological polar surface area (TPSA) is 46.5 Å². The minimum Gasteiger partial charge on any atom is -0.205 e. The average molecular weight is 209 g/mol. The molecule has 0 spiro atoms. The standard InChI is InChI=1S/C10H11NO2S/c1-8-2-4-9(5-3-8)10-6-7-14(12,13)11-10/h2-5H,6-7H2,1H3. The third-order valence-electron chi connectivity index (χ3n) is 2.23. The maximum atomic E-state index is 11.1. The van der Waals surface area contributed by atoms with Gasteiger partial charge in [0.15, 0.2) is 0 Å². The van der Waals surface area contributed by atoms with E-state index in [1.807, 2.05) is 31.2 Å². The van der Waals surface area contributed by atoms with E-state index in [0.29, 0.717) is 12.1 Å². The predicted molar refractivity (Wildman–Crippen MR) is 56.1 cm³/mol. The van der Waals surface area contributed by atoms with Crippen LogP contribution < -0.4 is 0 Å². The number of nitrogens with zero attached hydrogens (tertiary/aromatic N) is 1. The molecule has 14 heavy (non-hydrogen) atoms. The molecule has 0 aromatic heterocycles. The van der Waals surface area contributed by atoms with Gasteiger partial charge < -0.3 is 0 Å². The number of aryl methyl sites for hydroxylation is 1. The second kappa shape index (κ2) is 3.20. The van der Waals surface area contributed by atoms with Gasteiger partial charge in [-0.15, -0.1) is 0 Å². The van der Waals surface area contributed by atoms with Crippen molar-refractivity contribution in [2.75, 3.05) is 5.75 Å². The summed E-state index contributed by atoms with van der Waals surface area (Å²) in [6, 6.07) is 7.75. The molecule has 0 saturated carbocycles. The zero-order chi connectivity index (χ0) is 10.2. The monoisotopic (exact) mass is 209 g/mol. The van der Waals surface area contributed by atoms with Crippen LogP contribution >= 0.6 is 0 Å². The fraction of sp³-hybridized carbons (Fsp3) is 0.300. The number of rotatable bonds is 1. The van der Waals surface area contributed by atoms with Crippen LogP contribution in [0.5, 0.6) is 0 Å². The van der Waals surface area contributed by atoms with Crippen molar-refractivity contribution >= 4 is 15.7 Å². The number of hydrogen-bond donors (Lipinski definition) is 0. The van der Waals surface area contributed by atoms with E-state index in [1.165, 1.54) is 0 Å². The third kappa shape index (κ3) is 1.85. The van der Waals surface area contributed by atoms with Gasteiger partial charge in [0.05, 0.1) is 11.5 Å². The number of hydrogen-bond acceptors (Lipinski definition) is 2. The molecule has 0 aliphatic carbocycles. The minimum atomic E-state index is -3.17. The Kier molecular flexibility index (Phi) is 2.15. The van der Waals surface area contributed by atoms with Gasteiger partial charge in [-0.25, -0.2) is 8.42 Å². The highest BCUT2D eigenvalue weighted by Crippen LogP contribution is 2.15. The smallest absolute Gasteiger partial charge is 0.205 e. The Labute approximate surface area is 83.5 Å². The molecule has 74 valence electrons. The molecule has 2 rings (SSSR count). The molecule has 1 aromatic carbocycles. The van der Waals surface area contributed by atoms with E-state index in [2.05, 4.69) is 4.40 Å². The maximum absolute atomic E-state index is 11.1. The molecule has 4 heteroatoms. The lowest BCUT2D eigenvalue weighted by molar-refractivity contribution is 0.600. The van der Waals surface area contributed by atoms with Crippen LogP contribution in [0, 0.1) is 6.92 Å². The Morgan fingerprint density at radius 2 is 1.86 bits per heavy atom. The van der Waals surface area contributed by atoms with Gasteiger partial charge in [0, 0.05) is 6.42 Å². The summed E-state index contributed by atoms with van der Waals surface area (Å²) < 4.78 is 25.9. The highest BCUT2D eigenvalue weighted by atomic mass is 32.2. The van der Waals surface area contributed by atoms with Crippen LogP contribution in [0.4, 0.5) is 0 Å². The number of sulfonamides is 1. The van der Waals surface area contributed by atoms with E-state index in [4.69, 9.17) is 0 Å². The maximum Gasteiger partial charge on any atom is 0.253 e. The van der Waals surface area contributed by atoms with Crippen molar-refractivity contribution in [3.05, 3.63) is 35.4 Å². The number of benzene rings is 1. The van der Waals surface area contributed by atoms with Crippen LogP contribution in [0.2, 0.25) is 0 Å². The van der Waals surface area contributed by atoms with E-state index >= 15 is 0 Å². The molecular weight excluding hydrogens is 198 g/mol. The highest BCUT2D eigenvalue weighted by molar-refractivity contribution is 7.90. The van der Waals surface area contributed by atoms with Crippen LogP contribution in [-0.4, -0.2) is 19.9 Å². The van der Waals surface area contributed by atoms with Crippen molar-refractivity contribution in [2.24, 2.45) is 4.40 Å². The first-order valence-electron chi connectivity index (χ1n) is 4.45. The molecule has 0 unspecified atom stereocenters. The van der Waals surface area contributed by atoms with Gasteiger partial charge >= 0.3 is 0 Å². The molecule has 0 N–H and O–H groups in total. The lowest BCUT2D eigenvalue weighted by Gasteiger charge is -1.98. The van der Waals surface area contributed by atoms with Crippen molar-refractivity contribution in [2.45, 2.75) is 13.3 Å². The summed E-state index contributed by atoms with van der Waals surface area (Å²) in [6.45, 7) is 2.00. The Balaban J connectivity index is 2.38. The molecule has 0 bridgehead atoms. The molecule has 0 atom stereocenters. The third-order valence-corrected chi connectivity index (χ3v) is 3.45. The molecule has 0 amide bonds. The summed E-state index contributed by atoms with van der Waals surface area (Å²) in [4.78, 5) is 0. The van der Waals surface area contributed by atoms with Crippen molar-refractivity contribution in [1.29, 1.82) is 0 Å². The van der Waals surface area contributed by atoms with Gasteiger partial charge in [-0.2, -0.15) is 4.40 Å². The molecule has 0 saturated heterocycles. The molecule has 1 aromatic rings. The quantitative estimate of drug-likeness (QED) is 0.704. The van der Waals surface area contributed by atoms with Gasteiger partial charge in [-0.3, -0.25) is 0 Å². The summed E-state index contributed by atoms with van der Waals surface area (Å²) in [5.74, 6) is 0.149. The van der Waals surface area contributed by atoms with Crippen LogP contribution in [0.3, 0.4) is 0 Å². The summed E-state index contributed by atoms with van der Waals surface area (Å²) in [5, 5.41) is 0. The zero-order valence-corrected chi connectivity index (χ0v) is 8.71. The van der Waals surface area contributed by atoms with E-state index in [-0.39, 0.29) is 5.75 Å². The summed E-state index contributed by atoms with van der Waals surface area (Å²) in [6.07, 6.45) is 0.533. The van der Waals surface area contributed by atoms with E-state index in [9.17, 15) is 8.42 Å². The second-order valence-electron chi connectivity index (χ2n) is 3.44. The van der Waals surface area contributed by atoms with Crippen molar-refractivity contribution in [3.8, 4) is 0 Å². The molecular formula is C10H11NO2S. The highest BCUT2D eigenvalue weighted by Gasteiger charge is 2.20. The van der Waals surface area contributed by atoms with E-state index in [0.717, 1.165) is 11.1 Å². The Morgan fingerprint density at radius 3 is 2.36 bits per heavy atom. The van der Waals surface area contributed by atoms with Crippen molar-refractivity contribution in [1.82, 2.24) is 0 Å². The molecule has 0 fully saturated rings. The van der Waals surface area contributed by atoms with Crippen LogP contribution in [0.15, 0.2) is 28.7 Å². The first-order valence-corrected chi connectivity index (χ1v) is 6.06. The largest absolute Gasteiger partial charge is 0.253 e. The van der Waals surface area contributed by atoms with Gasteiger partial charge in [0.2, 0.25) is 0 Å². The minimum absolute atomic E-state index is 0.149. The van der Waals surface area contributed by atoms with Crippen LogP contribution in [-0.2, 0) is 10.0 Å². The molecule has 3 nitrogen and oxygen atoms in total. The van der Waals surface area contributed by atoms with Crippen LogP contribution in [0.1, 0.15) is 17.5 Å². The van der Waals surface area contributed by atoms with Gasteiger partial charge in [0.25, 0.3) is 10.0 Å². The molecule has 1 aliphatic heterocycles. The van der Waals surface area contributed by atoms with E-state index < -0.39 is 10.0 Å². The summed E-state index contributed by atoms with van der Waals surface area (Å²) in [5.41, 5.74) is 2.76. The average Bonchev–Trinajstić information content (AvgIpc) is 2.47. The lowest BCUT2D eigenvalue weighted by atomic mass is 10.1. The van der Waals surface area contributed by atoms with Gasteiger partial charge in [-0.1, -0.05) is 29.8 Å². The predicted octanol–water partition coefficient (Wildman–Crippen LogP) is 1.52. The Bertz CT molecular complexity index is 471. The van der Waals surface area contributed by atoms with Crippen molar-refractivity contribution < 1.29 is 8.42 Å². The Hall–Kier alpha value is -1.16. The lowest BCUT2D eigenvalue weighted by Crippen LogP contribution is -1.96. The Morgan fingerprint density at radius 1 is 1.21 bits per heavy atom. The second-order valence-corrected chi connectivity index (χ2v) is 5.19. The first-order chi connectivity index (χ1) is 6.57.